The van der Waals surface area contributed by atoms with E-state index in [1.165, 1.54) is 6.07 Å². The van der Waals surface area contributed by atoms with Crippen LogP contribution in [0.2, 0.25) is 5.02 Å². The minimum Gasteiger partial charge on any atom is -0.328 e. The molecule has 0 atom stereocenters. The predicted octanol–water partition coefficient (Wildman–Crippen LogP) is 4.04. The first kappa shape index (κ1) is 12.2. The van der Waals surface area contributed by atoms with Crippen LogP contribution in [-0.2, 0) is 12.7 Å². The smallest absolute Gasteiger partial charge is 0.328 e. The maximum absolute atomic E-state index is 12.6. The van der Waals surface area contributed by atoms with E-state index in [4.69, 9.17) is 11.6 Å². The fraction of sp³-hybridized carbons (Fsp3) is 0.364. The third-order valence-electron chi connectivity index (χ3n) is 2.67. The van der Waals surface area contributed by atoms with E-state index in [1.807, 2.05) is 11.5 Å². The third kappa shape index (κ3) is 1.88. The number of imidazole rings is 1. The van der Waals surface area contributed by atoms with Crippen LogP contribution in [0.1, 0.15) is 18.3 Å². The molecule has 0 radical (unpaired) electrons. The molecule has 0 aliphatic rings. The summed E-state index contributed by atoms with van der Waals surface area (Å²) in [5.74, 6) is 0.656. The fourth-order valence-corrected chi connectivity index (χ4v) is 2.20. The Hall–Kier alpha value is -1.23. The molecule has 0 unspecified atom stereocenters. The molecule has 2 nitrogen and oxygen atoms in total. The molecule has 2 aromatic rings. The van der Waals surface area contributed by atoms with Crippen LogP contribution in [-0.4, -0.2) is 9.55 Å². The zero-order chi connectivity index (χ0) is 12.8. The molecule has 1 aromatic carbocycles. The Bertz CT molecular complexity index is 572. The van der Waals surface area contributed by atoms with Crippen molar-refractivity contribution in [1.29, 1.82) is 0 Å². The second kappa shape index (κ2) is 3.91. The second-order valence-electron chi connectivity index (χ2n) is 3.70. The van der Waals surface area contributed by atoms with Gasteiger partial charge in [-0.1, -0.05) is 11.6 Å². The van der Waals surface area contributed by atoms with Gasteiger partial charge in [0.25, 0.3) is 0 Å². The van der Waals surface area contributed by atoms with Gasteiger partial charge in [-0.2, -0.15) is 13.2 Å². The standard InChI is InChI=1S/C11H10ClF3N2/c1-3-17-6(2)16-10-8(17)5-4-7(9(10)12)11(13,14)15/h4-5H,3H2,1-2H3. The third-order valence-corrected chi connectivity index (χ3v) is 3.05. The Balaban J connectivity index is 2.78. The van der Waals surface area contributed by atoms with Crippen LogP contribution < -0.4 is 0 Å². The van der Waals surface area contributed by atoms with Crippen molar-refractivity contribution in [3.8, 4) is 0 Å². The lowest BCUT2D eigenvalue weighted by Gasteiger charge is -2.09. The molecule has 1 heterocycles. The average Bonchev–Trinajstić information content (AvgIpc) is 2.53. The van der Waals surface area contributed by atoms with Gasteiger partial charge in [-0.15, -0.1) is 0 Å². The first-order chi connectivity index (χ1) is 7.86. The zero-order valence-corrected chi connectivity index (χ0v) is 10.0. The highest BCUT2D eigenvalue weighted by molar-refractivity contribution is 6.35. The van der Waals surface area contributed by atoms with Crippen LogP contribution in [0.4, 0.5) is 13.2 Å². The van der Waals surface area contributed by atoms with E-state index in [0.717, 1.165) is 6.07 Å². The number of alkyl halides is 3. The van der Waals surface area contributed by atoms with Crippen molar-refractivity contribution in [3.63, 3.8) is 0 Å². The van der Waals surface area contributed by atoms with Crippen molar-refractivity contribution >= 4 is 22.6 Å². The first-order valence-electron chi connectivity index (χ1n) is 5.08. The number of fused-ring (bicyclic) bond motifs is 1. The Morgan fingerprint density at radius 2 is 2.00 bits per heavy atom. The molecule has 0 saturated heterocycles. The molecule has 0 N–H and O–H groups in total. The van der Waals surface area contributed by atoms with Crippen molar-refractivity contribution < 1.29 is 13.2 Å². The first-order valence-corrected chi connectivity index (χ1v) is 5.46. The number of benzene rings is 1. The molecule has 0 saturated carbocycles. The second-order valence-corrected chi connectivity index (χ2v) is 4.07. The van der Waals surface area contributed by atoms with Crippen LogP contribution in [0.3, 0.4) is 0 Å². The lowest BCUT2D eigenvalue weighted by Crippen LogP contribution is -2.06. The van der Waals surface area contributed by atoms with Crippen LogP contribution in [0.5, 0.6) is 0 Å². The minimum atomic E-state index is -4.45. The number of nitrogens with zero attached hydrogens (tertiary/aromatic N) is 2. The number of hydrogen-bond donors (Lipinski definition) is 0. The summed E-state index contributed by atoms with van der Waals surface area (Å²) in [4.78, 5) is 4.09. The van der Waals surface area contributed by atoms with E-state index in [2.05, 4.69) is 4.98 Å². The number of hydrogen-bond acceptors (Lipinski definition) is 1. The van der Waals surface area contributed by atoms with E-state index >= 15 is 0 Å². The Morgan fingerprint density at radius 1 is 1.35 bits per heavy atom. The number of rotatable bonds is 1. The van der Waals surface area contributed by atoms with E-state index in [1.54, 1.807) is 6.92 Å². The number of aryl methyl sites for hydroxylation is 2. The zero-order valence-electron chi connectivity index (χ0n) is 9.27. The van der Waals surface area contributed by atoms with E-state index in [0.29, 0.717) is 17.9 Å². The Labute approximate surface area is 101 Å². The van der Waals surface area contributed by atoms with Crippen LogP contribution >= 0.6 is 11.6 Å². The monoisotopic (exact) mass is 262 g/mol. The normalized spacial score (nSPS) is 12.4. The molecular weight excluding hydrogens is 253 g/mol. The maximum Gasteiger partial charge on any atom is 0.417 e. The van der Waals surface area contributed by atoms with Crippen molar-refractivity contribution in [2.45, 2.75) is 26.6 Å². The summed E-state index contributed by atoms with van der Waals surface area (Å²) in [7, 11) is 0. The summed E-state index contributed by atoms with van der Waals surface area (Å²) >= 11 is 5.77. The summed E-state index contributed by atoms with van der Waals surface area (Å²) in [5.41, 5.74) is -0.00346. The summed E-state index contributed by atoms with van der Waals surface area (Å²) in [6.45, 7) is 4.29. The lowest BCUT2D eigenvalue weighted by molar-refractivity contribution is -0.137. The van der Waals surface area contributed by atoms with Gasteiger partial charge >= 0.3 is 6.18 Å². The topological polar surface area (TPSA) is 17.8 Å². The number of aromatic nitrogens is 2. The SMILES string of the molecule is CCn1c(C)nc2c(Cl)c(C(F)(F)F)ccc21. The molecule has 6 heteroatoms. The summed E-state index contributed by atoms with van der Waals surface area (Å²) < 4.78 is 39.8. The Morgan fingerprint density at radius 3 is 2.53 bits per heavy atom. The summed E-state index contributed by atoms with van der Waals surface area (Å²) in [6.07, 6.45) is -4.45. The van der Waals surface area contributed by atoms with Crippen molar-refractivity contribution in [2.24, 2.45) is 0 Å². The van der Waals surface area contributed by atoms with E-state index in [9.17, 15) is 13.2 Å². The van der Waals surface area contributed by atoms with E-state index in [-0.39, 0.29) is 10.5 Å². The lowest BCUT2D eigenvalue weighted by atomic mass is 10.2. The quantitative estimate of drug-likeness (QED) is 0.758. The highest BCUT2D eigenvalue weighted by Crippen LogP contribution is 2.38. The number of halogens is 4. The summed E-state index contributed by atoms with van der Waals surface area (Å²) in [5, 5.41) is -0.328. The van der Waals surface area contributed by atoms with Crippen molar-refractivity contribution in [2.75, 3.05) is 0 Å². The van der Waals surface area contributed by atoms with Gasteiger partial charge in [-0.05, 0) is 26.0 Å². The molecule has 2 rings (SSSR count). The fourth-order valence-electron chi connectivity index (χ4n) is 1.89. The highest BCUT2D eigenvalue weighted by Gasteiger charge is 2.34. The van der Waals surface area contributed by atoms with Crippen molar-refractivity contribution in [3.05, 3.63) is 28.5 Å². The Kier molecular flexibility index (Phi) is 2.81. The predicted molar refractivity (Wildman–Crippen MR) is 60.2 cm³/mol. The molecule has 17 heavy (non-hydrogen) atoms. The van der Waals surface area contributed by atoms with E-state index < -0.39 is 11.7 Å². The molecule has 92 valence electrons. The average molecular weight is 263 g/mol. The molecule has 0 aliphatic heterocycles. The van der Waals surface area contributed by atoms with Crippen LogP contribution in [0.15, 0.2) is 12.1 Å². The van der Waals surface area contributed by atoms with Crippen LogP contribution in [0.25, 0.3) is 11.0 Å². The molecule has 0 aliphatic carbocycles. The molecular formula is C11H10ClF3N2. The molecule has 0 amide bonds. The van der Waals surface area contributed by atoms with Gasteiger partial charge in [-0.3, -0.25) is 0 Å². The van der Waals surface area contributed by atoms with Gasteiger partial charge in [0, 0.05) is 6.54 Å². The van der Waals surface area contributed by atoms with Gasteiger partial charge in [0.1, 0.15) is 11.3 Å². The maximum atomic E-state index is 12.6. The van der Waals surface area contributed by atoms with Crippen LogP contribution in [0, 0.1) is 6.92 Å². The molecule has 0 bridgehead atoms. The summed E-state index contributed by atoms with van der Waals surface area (Å²) in [6, 6.07) is 2.41. The minimum absolute atomic E-state index is 0.209. The molecule has 0 spiro atoms. The van der Waals surface area contributed by atoms with Crippen molar-refractivity contribution in [1.82, 2.24) is 9.55 Å². The van der Waals surface area contributed by atoms with Gasteiger partial charge < -0.3 is 4.57 Å². The van der Waals surface area contributed by atoms with Gasteiger partial charge in [-0.25, -0.2) is 4.98 Å². The van der Waals surface area contributed by atoms with Gasteiger partial charge in [0.05, 0.1) is 16.1 Å². The molecule has 0 fully saturated rings. The highest BCUT2D eigenvalue weighted by atomic mass is 35.5. The van der Waals surface area contributed by atoms with Gasteiger partial charge in [0.15, 0.2) is 0 Å². The molecule has 1 aromatic heterocycles. The van der Waals surface area contributed by atoms with Gasteiger partial charge in [0.2, 0.25) is 0 Å². The largest absolute Gasteiger partial charge is 0.417 e.